The molecule has 3 nitrogen and oxygen atoms in total. The summed E-state index contributed by atoms with van der Waals surface area (Å²) in [6, 6.07) is 3.59. The maximum Gasteiger partial charge on any atom is 0.339 e. The molecule has 1 aromatic rings. The number of terminal acetylenes is 1. The van der Waals surface area contributed by atoms with Crippen molar-refractivity contribution in [3.63, 3.8) is 0 Å². The van der Waals surface area contributed by atoms with Crippen LogP contribution in [0, 0.1) is 51.8 Å². The number of pyridine rings is 1. The van der Waals surface area contributed by atoms with Gasteiger partial charge in [0, 0.05) is 17.8 Å². The van der Waals surface area contributed by atoms with E-state index in [0.717, 1.165) is 32.1 Å². The molecule has 0 aliphatic heterocycles. The Morgan fingerprint density at radius 1 is 1.12 bits per heavy atom. The summed E-state index contributed by atoms with van der Waals surface area (Å²) in [5.41, 5.74) is 5.37. The number of esters is 1. The Morgan fingerprint density at radius 2 is 1.90 bits per heavy atom. The highest BCUT2D eigenvalue weighted by Crippen LogP contribution is 2.72. The predicted octanol–water partition coefficient (Wildman–Crippen LogP) is 9.35. The fraction of sp³-hybridized carbons (Fsp3) is 0.676. The molecule has 1 aromatic heterocycles. The summed E-state index contributed by atoms with van der Waals surface area (Å²) in [5, 5.41) is 0. The molecule has 40 heavy (non-hydrogen) atoms. The van der Waals surface area contributed by atoms with Gasteiger partial charge >= 0.3 is 5.97 Å². The van der Waals surface area contributed by atoms with Crippen molar-refractivity contribution in [2.45, 2.75) is 119 Å². The SMILES string of the molecule is C#C[C@@]12CC[C@H]([C@H](C)CCC=C(C)C)[C@@]1(C)CCC1=C2CCC2C(C)(C)[C@@H](OC(=O)c3cccnc3)CC[C@]12C. The molecule has 0 bridgehead atoms. The first-order valence-corrected chi connectivity index (χ1v) is 15.9. The molecular formula is C37H51NO2. The van der Waals surface area contributed by atoms with Gasteiger partial charge in [-0.2, -0.15) is 0 Å². The van der Waals surface area contributed by atoms with Crippen molar-refractivity contribution in [2.75, 3.05) is 0 Å². The number of fused-ring (bicyclic) bond motifs is 4. The molecule has 216 valence electrons. The Hall–Kier alpha value is -2.34. The number of hydrogen-bond acceptors (Lipinski definition) is 3. The fourth-order valence-corrected chi connectivity index (χ4v) is 10.3. The molecule has 0 amide bonds. The zero-order valence-corrected chi connectivity index (χ0v) is 26.1. The molecule has 2 fully saturated rings. The average molecular weight is 542 g/mol. The Labute approximate surface area is 243 Å². The van der Waals surface area contributed by atoms with Gasteiger partial charge < -0.3 is 4.74 Å². The van der Waals surface area contributed by atoms with Crippen LogP contribution in [0.5, 0.6) is 0 Å². The summed E-state index contributed by atoms with van der Waals surface area (Å²) in [5.74, 6) is 5.12. The van der Waals surface area contributed by atoms with Crippen LogP contribution in [0.2, 0.25) is 0 Å². The predicted molar refractivity (Wildman–Crippen MR) is 163 cm³/mol. The van der Waals surface area contributed by atoms with Crippen LogP contribution in [0.15, 0.2) is 47.3 Å². The van der Waals surface area contributed by atoms with Gasteiger partial charge in [-0.05, 0) is 119 Å². The maximum atomic E-state index is 13.0. The van der Waals surface area contributed by atoms with Gasteiger partial charge in [0.25, 0.3) is 0 Å². The Kier molecular flexibility index (Phi) is 7.65. The van der Waals surface area contributed by atoms with Crippen molar-refractivity contribution >= 4 is 5.97 Å². The molecule has 1 unspecified atom stereocenters. The normalized spacial score (nSPS) is 36.9. The summed E-state index contributed by atoms with van der Waals surface area (Å²) in [7, 11) is 0. The van der Waals surface area contributed by atoms with Crippen molar-refractivity contribution in [3.8, 4) is 12.3 Å². The third kappa shape index (κ3) is 4.40. The van der Waals surface area contributed by atoms with Crippen molar-refractivity contribution in [1.29, 1.82) is 0 Å². The minimum absolute atomic E-state index is 0.0894. The first-order chi connectivity index (χ1) is 18.9. The fourth-order valence-electron chi connectivity index (χ4n) is 10.3. The molecule has 0 aromatic carbocycles. The van der Waals surface area contributed by atoms with Crippen LogP contribution in [-0.4, -0.2) is 17.1 Å². The number of allylic oxidation sites excluding steroid dienone is 4. The van der Waals surface area contributed by atoms with E-state index >= 15 is 0 Å². The lowest BCUT2D eigenvalue weighted by Crippen LogP contribution is -2.56. The van der Waals surface area contributed by atoms with Crippen LogP contribution < -0.4 is 0 Å². The van der Waals surface area contributed by atoms with Crippen LogP contribution in [0.3, 0.4) is 0 Å². The molecule has 5 rings (SSSR count). The monoisotopic (exact) mass is 541 g/mol. The average Bonchev–Trinajstić information content (AvgIpc) is 3.24. The van der Waals surface area contributed by atoms with Gasteiger partial charge in [0.15, 0.2) is 0 Å². The molecule has 2 saturated carbocycles. The van der Waals surface area contributed by atoms with Crippen LogP contribution in [0.1, 0.15) is 123 Å². The number of nitrogens with zero attached hydrogens (tertiary/aromatic N) is 1. The lowest BCUT2D eigenvalue weighted by atomic mass is 9.43. The molecular weight excluding hydrogens is 490 g/mol. The van der Waals surface area contributed by atoms with Gasteiger partial charge in [0.2, 0.25) is 0 Å². The largest absolute Gasteiger partial charge is 0.458 e. The van der Waals surface area contributed by atoms with Gasteiger partial charge in [0.05, 0.1) is 11.0 Å². The van der Waals surface area contributed by atoms with Crippen molar-refractivity contribution < 1.29 is 9.53 Å². The number of ether oxygens (including phenoxy) is 1. The molecule has 0 N–H and O–H groups in total. The Morgan fingerprint density at radius 3 is 2.58 bits per heavy atom. The van der Waals surface area contributed by atoms with Crippen LogP contribution >= 0.6 is 0 Å². The second-order valence-electron chi connectivity index (χ2n) is 14.9. The van der Waals surface area contributed by atoms with Gasteiger partial charge in [0.1, 0.15) is 6.10 Å². The van der Waals surface area contributed by atoms with E-state index in [2.05, 4.69) is 65.4 Å². The first kappa shape index (κ1) is 29.2. The third-order valence-electron chi connectivity index (χ3n) is 12.4. The molecule has 0 saturated heterocycles. The van der Waals surface area contributed by atoms with E-state index in [1.807, 2.05) is 0 Å². The maximum absolute atomic E-state index is 13.0. The highest BCUT2D eigenvalue weighted by molar-refractivity contribution is 5.89. The molecule has 4 aliphatic rings. The summed E-state index contributed by atoms with van der Waals surface area (Å²) < 4.78 is 6.20. The number of carbonyl (C=O) groups is 1. The van der Waals surface area contributed by atoms with Crippen LogP contribution in [0.25, 0.3) is 0 Å². The van der Waals surface area contributed by atoms with Crippen molar-refractivity contribution in [1.82, 2.24) is 4.98 Å². The minimum Gasteiger partial charge on any atom is -0.458 e. The van der Waals surface area contributed by atoms with Gasteiger partial charge in [-0.25, -0.2) is 4.79 Å². The zero-order chi connectivity index (χ0) is 28.9. The van der Waals surface area contributed by atoms with E-state index in [1.165, 1.54) is 37.7 Å². The second kappa shape index (κ2) is 10.5. The van der Waals surface area contributed by atoms with E-state index < -0.39 is 0 Å². The zero-order valence-electron chi connectivity index (χ0n) is 26.1. The standard InChI is InChI=1S/C37H51NO2/c1-9-37-22-18-28(26(4)13-10-12-25(2)3)36(37,8)21-17-29-30(37)15-16-31-34(5,6)32(19-20-35(29,31)7)40-33(39)27-14-11-23-38-24-27/h1,11-12,14,23-24,26,28,31-32H,10,13,15-22H2,2-8H3/t26-,28-,31?,32+,35-,36-,37+/m1/s1. The van der Waals surface area contributed by atoms with Crippen molar-refractivity contribution in [3.05, 3.63) is 52.9 Å². The van der Waals surface area contributed by atoms with Crippen LogP contribution in [-0.2, 0) is 4.74 Å². The quantitative estimate of drug-likeness (QED) is 0.205. The molecule has 7 atom stereocenters. The second-order valence-corrected chi connectivity index (χ2v) is 14.9. The van der Waals surface area contributed by atoms with Gasteiger partial charge in [-0.3, -0.25) is 4.98 Å². The summed E-state index contributed by atoms with van der Waals surface area (Å²) in [4.78, 5) is 17.1. The van der Waals surface area contributed by atoms with E-state index in [-0.39, 0.29) is 33.7 Å². The van der Waals surface area contributed by atoms with Gasteiger partial charge in [-0.1, -0.05) is 63.3 Å². The third-order valence-corrected chi connectivity index (χ3v) is 12.4. The summed E-state index contributed by atoms with van der Waals surface area (Å²) >= 11 is 0. The van der Waals surface area contributed by atoms with Crippen molar-refractivity contribution in [2.24, 2.45) is 39.4 Å². The lowest BCUT2D eigenvalue weighted by molar-refractivity contribution is -0.103. The number of rotatable bonds is 6. The molecule has 0 spiro atoms. The highest BCUT2D eigenvalue weighted by atomic mass is 16.5. The smallest absolute Gasteiger partial charge is 0.339 e. The topological polar surface area (TPSA) is 39.2 Å². The molecule has 4 aliphatic carbocycles. The number of hydrogen-bond donors (Lipinski definition) is 0. The number of carbonyl (C=O) groups excluding carboxylic acids is 1. The van der Waals surface area contributed by atoms with Gasteiger partial charge in [-0.15, -0.1) is 6.42 Å². The molecule has 3 heteroatoms. The van der Waals surface area contributed by atoms with E-state index in [0.29, 0.717) is 23.3 Å². The van der Waals surface area contributed by atoms with E-state index in [4.69, 9.17) is 11.2 Å². The lowest BCUT2D eigenvalue weighted by Gasteiger charge is -2.62. The first-order valence-electron chi connectivity index (χ1n) is 15.9. The summed E-state index contributed by atoms with van der Waals surface area (Å²) in [6.45, 7) is 16.7. The van der Waals surface area contributed by atoms with E-state index in [1.54, 1.807) is 35.7 Å². The Bertz CT molecular complexity index is 1230. The molecule has 0 radical (unpaired) electrons. The highest BCUT2D eigenvalue weighted by Gasteiger charge is 2.65. The number of aromatic nitrogens is 1. The summed E-state index contributed by atoms with van der Waals surface area (Å²) in [6.07, 6.45) is 23.6. The molecule has 1 heterocycles. The van der Waals surface area contributed by atoms with E-state index in [9.17, 15) is 4.79 Å². The minimum atomic E-state index is -0.249. The Balaban J connectivity index is 1.42. The van der Waals surface area contributed by atoms with Crippen LogP contribution in [0.4, 0.5) is 0 Å².